The average Bonchev–Trinajstić information content (AvgIpc) is 2.50. The highest BCUT2D eigenvalue weighted by atomic mass is 16.2. The van der Waals surface area contributed by atoms with Gasteiger partial charge in [-0.05, 0) is 57.4 Å². The summed E-state index contributed by atoms with van der Waals surface area (Å²) in [5.74, 6) is -0.0299. The second-order valence-electron chi connectivity index (χ2n) is 6.21. The van der Waals surface area contributed by atoms with Crippen LogP contribution in [0.15, 0.2) is 16.9 Å². The van der Waals surface area contributed by atoms with Crippen LogP contribution in [0.2, 0.25) is 0 Å². The van der Waals surface area contributed by atoms with E-state index in [1.807, 2.05) is 39.8 Å². The van der Waals surface area contributed by atoms with Crippen molar-refractivity contribution in [3.63, 3.8) is 0 Å². The van der Waals surface area contributed by atoms with E-state index in [9.17, 15) is 9.59 Å². The number of hydrogen-bond donors (Lipinski definition) is 1. The molecule has 0 aliphatic rings. The summed E-state index contributed by atoms with van der Waals surface area (Å²) in [6.45, 7) is 10.1. The molecule has 0 aliphatic carbocycles. The lowest BCUT2D eigenvalue weighted by molar-refractivity contribution is -0.121. The van der Waals surface area contributed by atoms with Crippen LogP contribution >= 0.6 is 0 Å². The molecule has 0 bridgehead atoms. The van der Waals surface area contributed by atoms with Crippen LogP contribution in [0.1, 0.15) is 43.5 Å². The van der Waals surface area contributed by atoms with Gasteiger partial charge in [-0.25, -0.2) is 4.98 Å². The topological polar surface area (TPSA) is 64.0 Å². The van der Waals surface area contributed by atoms with Gasteiger partial charge in [0.25, 0.3) is 5.56 Å². The highest BCUT2D eigenvalue weighted by molar-refractivity contribution is 5.78. The molecule has 0 spiro atoms. The molecule has 1 aromatic heterocycles. The molecule has 1 amide bonds. The molecule has 2 rings (SSSR count). The molecule has 5 nitrogen and oxygen atoms in total. The molecule has 5 heteroatoms. The van der Waals surface area contributed by atoms with Gasteiger partial charge in [-0.3, -0.25) is 9.59 Å². The van der Waals surface area contributed by atoms with Crippen LogP contribution in [-0.4, -0.2) is 21.5 Å². The summed E-state index contributed by atoms with van der Waals surface area (Å²) >= 11 is 0. The molecule has 0 aliphatic heterocycles. The van der Waals surface area contributed by atoms with Gasteiger partial charge >= 0.3 is 0 Å². The maximum absolute atomic E-state index is 12.4. The first-order valence-corrected chi connectivity index (χ1v) is 8.11. The van der Waals surface area contributed by atoms with Crippen molar-refractivity contribution in [3.05, 3.63) is 39.3 Å². The zero-order valence-electron chi connectivity index (χ0n) is 14.6. The van der Waals surface area contributed by atoms with Crippen molar-refractivity contribution in [1.29, 1.82) is 0 Å². The van der Waals surface area contributed by atoms with Gasteiger partial charge in [0.05, 0.1) is 11.0 Å². The number of carbonyl (C=O) groups excluding carboxylic acids is 1. The lowest BCUT2D eigenvalue weighted by Crippen LogP contribution is -2.34. The lowest BCUT2D eigenvalue weighted by Gasteiger charge is -2.14. The first kappa shape index (κ1) is 17.2. The zero-order chi connectivity index (χ0) is 17.1. The van der Waals surface area contributed by atoms with Gasteiger partial charge < -0.3 is 9.88 Å². The van der Waals surface area contributed by atoms with Crippen molar-refractivity contribution >= 4 is 16.9 Å². The molecule has 0 radical (unpaired) electrons. The minimum Gasteiger partial charge on any atom is -0.354 e. The second kappa shape index (κ2) is 6.94. The molecule has 0 unspecified atom stereocenters. The van der Waals surface area contributed by atoms with E-state index in [0.29, 0.717) is 12.2 Å². The van der Waals surface area contributed by atoms with E-state index < -0.39 is 0 Å². The largest absolute Gasteiger partial charge is 0.354 e. The van der Waals surface area contributed by atoms with Gasteiger partial charge in [0.1, 0.15) is 5.69 Å². The Morgan fingerprint density at radius 1 is 1.26 bits per heavy atom. The number of fused-ring (bicyclic) bond motifs is 1. The number of hydrogen-bond acceptors (Lipinski definition) is 3. The van der Waals surface area contributed by atoms with Crippen LogP contribution in [0.3, 0.4) is 0 Å². The van der Waals surface area contributed by atoms with Crippen molar-refractivity contribution in [2.24, 2.45) is 0 Å². The molecular formula is C18H25N3O2. The summed E-state index contributed by atoms with van der Waals surface area (Å²) in [7, 11) is 0. The molecule has 0 saturated carbocycles. The Hall–Kier alpha value is -2.17. The van der Waals surface area contributed by atoms with E-state index in [1.54, 1.807) is 11.5 Å². The van der Waals surface area contributed by atoms with Crippen molar-refractivity contribution in [2.75, 3.05) is 0 Å². The van der Waals surface area contributed by atoms with Crippen molar-refractivity contribution in [3.8, 4) is 0 Å². The molecular weight excluding hydrogens is 290 g/mol. The molecule has 1 atom stereocenters. The number of aromatic nitrogens is 2. The van der Waals surface area contributed by atoms with Crippen LogP contribution in [0.25, 0.3) is 11.0 Å². The third-order valence-electron chi connectivity index (χ3n) is 4.31. The third-order valence-corrected chi connectivity index (χ3v) is 4.31. The summed E-state index contributed by atoms with van der Waals surface area (Å²) in [6.07, 6.45) is 1.18. The van der Waals surface area contributed by atoms with Crippen LogP contribution in [0.5, 0.6) is 0 Å². The Labute approximate surface area is 136 Å². The summed E-state index contributed by atoms with van der Waals surface area (Å²) in [4.78, 5) is 28.8. The Balaban J connectivity index is 2.36. The fourth-order valence-electron chi connectivity index (χ4n) is 2.51. The summed E-state index contributed by atoms with van der Waals surface area (Å²) in [5, 5.41) is 2.93. The lowest BCUT2D eigenvalue weighted by atomic mass is 10.1. The van der Waals surface area contributed by atoms with Crippen LogP contribution in [0, 0.1) is 20.8 Å². The quantitative estimate of drug-likeness (QED) is 0.922. The van der Waals surface area contributed by atoms with Gasteiger partial charge in [0, 0.05) is 19.0 Å². The minimum absolute atomic E-state index is 0.0299. The highest BCUT2D eigenvalue weighted by Gasteiger charge is 2.12. The SMILES string of the molecule is CC[C@H](C)NC(=O)CCn1c(=O)c(C)nc2cc(C)c(C)cc21. The minimum atomic E-state index is -0.128. The van der Waals surface area contributed by atoms with E-state index in [0.717, 1.165) is 28.6 Å². The van der Waals surface area contributed by atoms with E-state index in [-0.39, 0.29) is 23.9 Å². The van der Waals surface area contributed by atoms with E-state index in [4.69, 9.17) is 0 Å². The summed E-state index contributed by atoms with van der Waals surface area (Å²) < 4.78 is 1.67. The first-order valence-electron chi connectivity index (χ1n) is 8.11. The molecule has 124 valence electrons. The summed E-state index contributed by atoms with van der Waals surface area (Å²) in [6, 6.07) is 4.12. The Morgan fingerprint density at radius 3 is 2.57 bits per heavy atom. The smallest absolute Gasteiger partial charge is 0.272 e. The van der Waals surface area contributed by atoms with Crippen molar-refractivity contribution < 1.29 is 4.79 Å². The molecule has 1 heterocycles. The van der Waals surface area contributed by atoms with Crippen LogP contribution in [-0.2, 0) is 11.3 Å². The van der Waals surface area contributed by atoms with Crippen molar-refractivity contribution in [1.82, 2.24) is 14.9 Å². The fraction of sp³-hybridized carbons (Fsp3) is 0.500. The maximum Gasteiger partial charge on any atom is 0.272 e. The number of rotatable bonds is 5. The highest BCUT2D eigenvalue weighted by Crippen LogP contribution is 2.17. The predicted molar refractivity (Wildman–Crippen MR) is 92.7 cm³/mol. The number of nitrogens with zero attached hydrogens (tertiary/aromatic N) is 2. The van der Waals surface area contributed by atoms with Gasteiger partial charge in [-0.15, -0.1) is 0 Å². The standard InChI is InChI=1S/C18H25N3O2/c1-6-13(4)19-17(22)7-8-21-16-10-12(3)11(2)9-15(16)20-14(5)18(21)23/h9-10,13H,6-8H2,1-5H3,(H,19,22)/t13-/m0/s1. The number of amides is 1. The van der Waals surface area contributed by atoms with Gasteiger partial charge in [-0.2, -0.15) is 0 Å². The second-order valence-corrected chi connectivity index (χ2v) is 6.21. The van der Waals surface area contributed by atoms with Crippen LogP contribution < -0.4 is 10.9 Å². The number of carbonyl (C=O) groups is 1. The number of aryl methyl sites for hydroxylation is 4. The van der Waals surface area contributed by atoms with Gasteiger partial charge in [0.15, 0.2) is 0 Å². The molecule has 0 fully saturated rings. The molecule has 2 aromatic rings. The monoisotopic (exact) mass is 315 g/mol. The first-order chi connectivity index (χ1) is 10.8. The van der Waals surface area contributed by atoms with Gasteiger partial charge in [0.2, 0.25) is 5.91 Å². The predicted octanol–water partition coefficient (Wildman–Crippen LogP) is 2.63. The van der Waals surface area contributed by atoms with Crippen molar-refractivity contribution in [2.45, 2.75) is 60.0 Å². The molecule has 0 saturated heterocycles. The maximum atomic E-state index is 12.4. The zero-order valence-corrected chi connectivity index (χ0v) is 14.6. The summed E-state index contributed by atoms with van der Waals surface area (Å²) in [5.41, 5.74) is 4.18. The Bertz CT molecular complexity index is 793. The van der Waals surface area contributed by atoms with Crippen LogP contribution in [0.4, 0.5) is 0 Å². The fourth-order valence-corrected chi connectivity index (χ4v) is 2.51. The molecule has 23 heavy (non-hydrogen) atoms. The Morgan fingerprint density at radius 2 is 1.91 bits per heavy atom. The third kappa shape index (κ3) is 3.78. The van der Waals surface area contributed by atoms with Gasteiger partial charge in [-0.1, -0.05) is 6.92 Å². The van der Waals surface area contributed by atoms with E-state index in [2.05, 4.69) is 10.3 Å². The molecule has 1 aromatic carbocycles. The van der Waals surface area contributed by atoms with E-state index in [1.165, 1.54) is 0 Å². The Kier molecular flexibility index (Phi) is 5.19. The molecule has 1 N–H and O–H groups in total. The number of benzene rings is 1. The van der Waals surface area contributed by atoms with E-state index >= 15 is 0 Å². The average molecular weight is 315 g/mol. The normalized spacial score (nSPS) is 12.4. The number of nitrogens with one attached hydrogen (secondary N) is 1.